The monoisotopic (exact) mass is 221 g/mol. The highest BCUT2D eigenvalue weighted by Crippen LogP contribution is 2.28. The van der Waals surface area contributed by atoms with Crippen molar-refractivity contribution in [2.24, 2.45) is 0 Å². The maximum atomic E-state index is 9.40. The first-order valence-corrected chi connectivity index (χ1v) is 5.78. The number of hydrogen-bond acceptors (Lipinski definition) is 3. The first-order chi connectivity index (χ1) is 7.04. The lowest BCUT2D eigenvalue weighted by Crippen LogP contribution is -2.15. The van der Waals surface area contributed by atoms with Gasteiger partial charge in [0.25, 0.3) is 0 Å². The molecule has 0 aliphatic carbocycles. The average molecular weight is 221 g/mol. The number of rotatable bonds is 3. The Labute approximate surface area is 94.9 Å². The fraction of sp³-hybridized carbons (Fsp3) is 0.417. The quantitative estimate of drug-likeness (QED) is 0.798. The van der Waals surface area contributed by atoms with E-state index in [4.69, 9.17) is 5.26 Å². The molecule has 1 aromatic carbocycles. The first-order valence-electron chi connectivity index (χ1n) is 4.90. The summed E-state index contributed by atoms with van der Waals surface area (Å²) in [5.41, 5.74) is 1.77. The second-order valence-electron chi connectivity index (χ2n) is 3.67. The van der Waals surface area contributed by atoms with E-state index in [0.29, 0.717) is 5.56 Å². The van der Waals surface area contributed by atoms with Crippen LogP contribution < -0.4 is 0 Å². The zero-order valence-corrected chi connectivity index (χ0v) is 10.0. The van der Waals surface area contributed by atoms with Gasteiger partial charge in [-0.1, -0.05) is 13.0 Å². The Morgan fingerprint density at radius 3 is 2.60 bits per heavy atom. The summed E-state index contributed by atoms with van der Waals surface area (Å²) in [6.45, 7) is 5.68. The van der Waals surface area contributed by atoms with Crippen LogP contribution in [0.5, 0.6) is 0 Å². The molecule has 0 saturated heterocycles. The van der Waals surface area contributed by atoms with Crippen LogP contribution in [0.4, 0.5) is 0 Å². The van der Waals surface area contributed by atoms with Gasteiger partial charge in [-0.25, -0.2) is 0 Å². The molecule has 0 aromatic heterocycles. The highest BCUT2D eigenvalue weighted by molar-refractivity contribution is 8.00. The molecule has 1 rings (SSSR count). The molecule has 0 fully saturated rings. The number of nitriles is 1. The molecule has 1 aromatic rings. The Bertz CT molecular complexity index is 382. The van der Waals surface area contributed by atoms with Gasteiger partial charge >= 0.3 is 0 Å². The van der Waals surface area contributed by atoms with Crippen molar-refractivity contribution in [3.8, 4) is 6.07 Å². The fourth-order valence-corrected chi connectivity index (χ4v) is 2.11. The Hall–Kier alpha value is -0.980. The van der Waals surface area contributed by atoms with E-state index in [1.807, 2.05) is 32.0 Å². The SMILES string of the molecule is Cc1ccc(SC(C)C(C)O)c(C#N)c1. The van der Waals surface area contributed by atoms with E-state index in [2.05, 4.69) is 6.07 Å². The van der Waals surface area contributed by atoms with E-state index >= 15 is 0 Å². The molecule has 80 valence electrons. The summed E-state index contributed by atoms with van der Waals surface area (Å²) in [7, 11) is 0. The Morgan fingerprint density at radius 2 is 2.07 bits per heavy atom. The lowest BCUT2D eigenvalue weighted by Gasteiger charge is -2.14. The third kappa shape index (κ3) is 3.26. The van der Waals surface area contributed by atoms with Crippen molar-refractivity contribution in [3.05, 3.63) is 29.3 Å². The second kappa shape index (κ2) is 5.20. The van der Waals surface area contributed by atoms with Crippen LogP contribution in [0.1, 0.15) is 25.0 Å². The van der Waals surface area contributed by atoms with Crippen molar-refractivity contribution in [2.75, 3.05) is 0 Å². The van der Waals surface area contributed by atoms with Crippen molar-refractivity contribution in [1.29, 1.82) is 5.26 Å². The molecule has 2 nitrogen and oxygen atoms in total. The summed E-state index contributed by atoms with van der Waals surface area (Å²) in [6.07, 6.45) is -0.372. The molecule has 3 heteroatoms. The number of aryl methyl sites for hydroxylation is 1. The van der Waals surface area contributed by atoms with E-state index < -0.39 is 0 Å². The van der Waals surface area contributed by atoms with E-state index in [9.17, 15) is 5.11 Å². The molecule has 1 N–H and O–H groups in total. The van der Waals surface area contributed by atoms with Crippen molar-refractivity contribution in [2.45, 2.75) is 37.0 Å². The van der Waals surface area contributed by atoms with Crippen LogP contribution in [0.2, 0.25) is 0 Å². The van der Waals surface area contributed by atoms with Gasteiger partial charge in [0.05, 0.1) is 11.7 Å². The Kier molecular flexibility index (Phi) is 4.19. The Balaban J connectivity index is 2.91. The maximum Gasteiger partial charge on any atom is 0.100 e. The molecule has 2 unspecified atom stereocenters. The Morgan fingerprint density at radius 1 is 1.40 bits per heavy atom. The molecule has 0 aliphatic heterocycles. The van der Waals surface area contributed by atoms with Gasteiger partial charge in [0.1, 0.15) is 6.07 Å². The number of aliphatic hydroxyl groups is 1. The van der Waals surface area contributed by atoms with Crippen LogP contribution in [0.3, 0.4) is 0 Å². The third-order valence-electron chi connectivity index (χ3n) is 2.25. The first kappa shape index (κ1) is 12.1. The standard InChI is InChI=1S/C12H15NOS/c1-8-4-5-12(11(6-8)7-13)15-10(3)9(2)14/h4-6,9-10,14H,1-3H3. The number of benzene rings is 1. The van der Waals surface area contributed by atoms with Crippen LogP contribution in [-0.4, -0.2) is 16.5 Å². The topological polar surface area (TPSA) is 44.0 Å². The molecule has 0 heterocycles. The molecule has 0 amide bonds. The zero-order valence-electron chi connectivity index (χ0n) is 9.19. The van der Waals surface area contributed by atoms with Crippen molar-refractivity contribution >= 4 is 11.8 Å². The summed E-state index contributed by atoms with van der Waals surface area (Å²) < 4.78 is 0. The average Bonchev–Trinajstić information content (AvgIpc) is 2.20. The van der Waals surface area contributed by atoms with E-state index in [1.54, 1.807) is 6.92 Å². The molecule has 2 atom stereocenters. The molecule has 0 spiro atoms. The summed E-state index contributed by atoms with van der Waals surface area (Å²) in [6, 6.07) is 7.98. The van der Waals surface area contributed by atoms with E-state index in [-0.39, 0.29) is 11.4 Å². The van der Waals surface area contributed by atoms with Gasteiger partial charge in [-0.15, -0.1) is 11.8 Å². The number of thioether (sulfide) groups is 1. The largest absolute Gasteiger partial charge is 0.392 e. The van der Waals surface area contributed by atoms with Crippen LogP contribution in [-0.2, 0) is 0 Å². The summed E-state index contributed by atoms with van der Waals surface area (Å²) in [5.74, 6) is 0. The minimum atomic E-state index is -0.372. The predicted molar refractivity (Wildman–Crippen MR) is 62.9 cm³/mol. The van der Waals surface area contributed by atoms with Crippen molar-refractivity contribution < 1.29 is 5.11 Å². The second-order valence-corrected chi connectivity index (χ2v) is 5.09. The van der Waals surface area contributed by atoms with Gasteiger partial charge in [0.2, 0.25) is 0 Å². The van der Waals surface area contributed by atoms with Gasteiger partial charge < -0.3 is 5.11 Å². The minimum absolute atomic E-state index is 0.0970. The van der Waals surface area contributed by atoms with Crippen LogP contribution in [0.15, 0.2) is 23.1 Å². The number of hydrogen-bond donors (Lipinski definition) is 1. The van der Waals surface area contributed by atoms with Crippen LogP contribution in [0.25, 0.3) is 0 Å². The molecular formula is C12H15NOS. The fourth-order valence-electron chi connectivity index (χ4n) is 1.13. The van der Waals surface area contributed by atoms with Crippen LogP contribution >= 0.6 is 11.8 Å². The molecule has 0 aliphatic rings. The maximum absolute atomic E-state index is 9.40. The van der Waals surface area contributed by atoms with Gasteiger partial charge in [-0.05, 0) is 31.5 Å². The highest BCUT2D eigenvalue weighted by atomic mass is 32.2. The third-order valence-corrected chi connectivity index (χ3v) is 3.62. The minimum Gasteiger partial charge on any atom is -0.392 e. The molecule has 0 bridgehead atoms. The highest BCUT2D eigenvalue weighted by Gasteiger charge is 2.12. The zero-order chi connectivity index (χ0) is 11.4. The van der Waals surface area contributed by atoms with E-state index in [0.717, 1.165) is 10.5 Å². The van der Waals surface area contributed by atoms with Gasteiger partial charge in [-0.3, -0.25) is 0 Å². The lowest BCUT2D eigenvalue weighted by atomic mass is 10.2. The summed E-state index contributed by atoms with van der Waals surface area (Å²) in [4.78, 5) is 0.941. The normalized spacial score (nSPS) is 14.3. The van der Waals surface area contributed by atoms with Crippen LogP contribution in [0, 0.1) is 18.3 Å². The molecule has 0 radical (unpaired) electrons. The predicted octanol–water partition coefficient (Wildman–Crippen LogP) is 2.73. The number of nitrogens with zero attached hydrogens (tertiary/aromatic N) is 1. The van der Waals surface area contributed by atoms with Gasteiger partial charge in [0, 0.05) is 10.1 Å². The summed E-state index contributed by atoms with van der Waals surface area (Å²) in [5, 5.41) is 18.5. The molecule has 15 heavy (non-hydrogen) atoms. The molecule has 0 saturated carbocycles. The summed E-state index contributed by atoms with van der Waals surface area (Å²) >= 11 is 1.54. The van der Waals surface area contributed by atoms with Gasteiger partial charge in [0.15, 0.2) is 0 Å². The lowest BCUT2D eigenvalue weighted by molar-refractivity contribution is 0.196. The van der Waals surface area contributed by atoms with Crippen molar-refractivity contribution in [3.63, 3.8) is 0 Å². The van der Waals surface area contributed by atoms with Gasteiger partial charge in [-0.2, -0.15) is 5.26 Å². The number of aliphatic hydroxyl groups excluding tert-OH is 1. The van der Waals surface area contributed by atoms with Crippen molar-refractivity contribution in [1.82, 2.24) is 0 Å². The van der Waals surface area contributed by atoms with E-state index in [1.165, 1.54) is 11.8 Å². The smallest absolute Gasteiger partial charge is 0.100 e. The molecular weight excluding hydrogens is 206 g/mol.